The third-order valence-electron chi connectivity index (χ3n) is 4.88. The molecule has 2 heteroatoms. The second-order valence-corrected chi connectivity index (χ2v) is 6.24. The summed E-state index contributed by atoms with van der Waals surface area (Å²) >= 11 is 0. The molecule has 1 heterocycles. The Morgan fingerprint density at radius 2 is 1.79 bits per heavy atom. The van der Waals surface area contributed by atoms with Gasteiger partial charge in [-0.3, -0.25) is 0 Å². The van der Waals surface area contributed by atoms with Crippen LogP contribution in [0.2, 0.25) is 0 Å². The Hall–Kier alpha value is -1.02. The molecule has 0 bridgehead atoms. The number of aryl methyl sites for hydroxylation is 2. The molecule has 1 aromatic rings. The van der Waals surface area contributed by atoms with E-state index in [1.807, 2.05) is 0 Å². The van der Waals surface area contributed by atoms with Crippen molar-refractivity contribution in [3.63, 3.8) is 0 Å². The Bertz CT molecular complexity index is 461. The summed E-state index contributed by atoms with van der Waals surface area (Å²) in [7, 11) is 1.81. The minimum atomic E-state index is 0.104. The van der Waals surface area contributed by atoms with Gasteiger partial charge in [-0.05, 0) is 75.3 Å². The fraction of sp³-hybridized carbons (Fsp3) is 0.647. The molecule has 0 radical (unpaired) electrons. The molecule has 19 heavy (non-hydrogen) atoms. The molecule has 2 nitrogen and oxygen atoms in total. The normalized spacial score (nSPS) is 26.8. The third kappa shape index (κ3) is 2.38. The van der Waals surface area contributed by atoms with Crippen LogP contribution in [0.4, 0.5) is 0 Å². The molecule has 1 N–H and O–H groups in total. The molecule has 1 unspecified atom stereocenters. The van der Waals surface area contributed by atoms with Crippen LogP contribution in [0.3, 0.4) is 0 Å². The molecule has 1 atom stereocenters. The summed E-state index contributed by atoms with van der Waals surface area (Å²) in [6.07, 6.45) is 8.95. The number of hydrogen-bond acceptors (Lipinski definition) is 2. The number of ether oxygens (including phenoxy) is 1. The lowest BCUT2D eigenvalue weighted by molar-refractivity contribution is 0.370. The second-order valence-electron chi connectivity index (χ2n) is 6.24. The van der Waals surface area contributed by atoms with Crippen LogP contribution in [0.15, 0.2) is 12.1 Å². The van der Waals surface area contributed by atoms with Crippen molar-refractivity contribution in [1.29, 1.82) is 0 Å². The quantitative estimate of drug-likeness (QED) is 0.820. The lowest BCUT2D eigenvalue weighted by atomic mass is 9.86. The molecule has 1 saturated heterocycles. The first-order valence-corrected chi connectivity index (χ1v) is 7.68. The summed E-state index contributed by atoms with van der Waals surface area (Å²) in [5.74, 6) is 1.08. The standard InChI is InChI=1S/C17H25NO/c1-17(9-6-10-18-17)15-11-13-7-4-3-5-8-14(13)12-16(15)19-2/h11-12,18H,3-10H2,1-2H3. The zero-order chi connectivity index (χ0) is 13.3. The molecule has 104 valence electrons. The highest BCUT2D eigenvalue weighted by Crippen LogP contribution is 2.39. The molecular weight excluding hydrogens is 234 g/mol. The van der Waals surface area contributed by atoms with E-state index < -0.39 is 0 Å². The molecular formula is C17H25NO. The van der Waals surface area contributed by atoms with Gasteiger partial charge in [0.25, 0.3) is 0 Å². The molecule has 1 aliphatic carbocycles. The van der Waals surface area contributed by atoms with E-state index in [9.17, 15) is 0 Å². The summed E-state index contributed by atoms with van der Waals surface area (Å²) in [5, 5.41) is 3.67. The largest absolute Gasteiger partial charge is 0.496 e. The monoisotopic (exact) mass is 259 g/mol. The van der Waals surface area contributed by atoms with Gasteiger partial charge in [0.1, 0.15) is 5.75 Å². The third-order valence-corrected chi connectivity index (χ3v) is 4.88. The predicted molar refractivity (Wildman–Crippen MR) is 78.8 cm³/mol. The average Bonchev–Trinajstić information content (AvgIpc) is 2.74. The van der Waals surface area contributed by atoms with Crippen LogP contribution in [0.1, 0.15) is 55.7 Å². The van der Waals surface area contributed by atoms with Gasteiger partial charge < -0.3 is 10.1 Å². The minimum absolute atomic E-state index is 0.104. The second kappa shape index (κ2) is 5.16. The Morgan fingerprint density at radius 1 is 1.05 bits per heavy atom. The van der Waals surface area contributed by atoms with Crippen LogP contribution in [-0.2, 0) is 18.4 Å². The smallest absolute Gasteiger partial charge is 0.124 e. The molecule has 3 rings (SSSR count). The average molecular weight is 259 g/mol. The van der Waals surface area contributed by atoms with Gasteiger partial charge in [-0.1, -0.05) is 6.42 Å². The molecule has 1 aromatic carbocycles. The SMILES string of the molecule is COc1cc2c(cc1C1(C)CCCN1)CCCCC2. The lowest BCUT2D eigenvalue weighted by Gasteiger charge is -2.28. The van der Waals surface area contributed by atoms with Crippen LogP contribution >= 0.6 is 0 Å². The Labute approximate surface area is 116 Å². The Morgan fingerprint density at radius 3 is 2.42 bits per heavy atom. The van der Waals surface area contributed by atoms with Gasteiger partial charge in [-0.25, -0.2) is 0 Å². The zero-order valence-corrected chi connectivity index (χ0v) is 12.2. The fourth-order valence-corrected chi connectivity index (χ4v) is 3.66. The molecule has 0 spiro atoms. The number of hydrogen-bond donors (Lipinski definition) is 1. The molecule has 2 aliphatic rings. The first-order valence-electron chi connectivity index (χ1n) is 7.68. The van der Waals surface area contributed by atoms with E-state index in [1.54, 1.807) is 12.7 Å². The van der Waals surface area contributed by atoms with E-state index in [0.29, 0.717) is 0 Å². The highest BCUT2D eigenvalue weighted by atomic mass is 16.5. The van der Waals surface area contributed by atoms with Crippen LogP contribution in [0.25, 0.3) is 0 Å². The van der Waals surface area contributed by atoms with E-state index >= 15 is 0 Å². The predicted octanol–water partition coefficient (Wildman–Crippen LogP) is 3.56. The summed E-state index contributed by atoms with van der Waals surface area (Å²) in [6, 6.07) is 4.74. The van der Waals surface area contributed by atoms with E-state index in [0.717, 1.165) is 12.3 Å². The first-order chi connectivity index (χ1) is 9.23. The van der Waals surface area contributed by atoms with Gasteiger partial charge in [0.2, 0.25) is 0 Å². The van der Waals surface area contributed by atoms with Crippen molar-refractivity contribution < 1.29 is 4.74 Å². The molecule has 0 amide bonds. The minimum Gasteiger partial charge on any atom is -0.496 e. The van der Waals surface area contributed by atoms with Crippen molar-refractivity contribution in [2.24, 2.45) is 0 Å². The maximum Gasteiger partial charge on any atom is 0.124 e. The summed E-state index contributed by atoms with van der Waals surface area (Å²) in [6.45, 7) is 3.44. The van der Waals surface area contributed by atoms with E-state index in [1.165, 1.54) is 56.1 Å². The van der Waals surface area contributed by atoms with Crippen molar-refractivity contribution in [2.75, 3.05) is 13.7 Å². The maximum absolute atomic E-state index is 5.69. The number of nitrogens with one attached hydrogen (secondary N) is 1. The fourth-order valence-electron chi connectivity index (χ4n) is 3.66. The van der Waals surface area contributed by atoms with Gasteiger partial charge in [0.05, 0.1) is 7.11 Å². The van der Waals surface area contributed by atoms with Crippen molar-refractivity contribution >= 4 is 0 Å². The number of fused-ring (bicyclic) bond motifs is 1. The van der Waals surface area contributed by atoms with Crippen molar-refractivity contribution in [2.45, 2.75) is 57.4 Å². The molecule has 0 saturated carbocycles. The maximum atomic E-state index is 5.69. The highest BCUT2D eigenvalue weighted by molar-refractivity contribution is 5.47. The summed E-state index contributed by atoms with van der Waals surface area (Å²) in [4.78, 5) is 0. The van der Waals surface area contributed by atoms with Gasteiger partial charge in [0, 0.05) is 11.1 Å². The topological polar surface area (TPSA) is 21.3 Å². The molecule has 1 aliphatic heterocycles. The van der Waals surface area contributed by atoms with Gasteiger partial charge >= 0.3 is 0 Å². The van der Waals surface area contributed by atoms with Crippen molar-refractivity contribution in [3.8, 4) is 5.75 Å². The lowest BCUT2D eigenvalue weighted by Crippen LogP contribution is -2.33. The Kier molecular flexibility index (Phi) is 3.53. The van der Waals surface area contributed by atoms with E-state index in [4.69, 9.17) is 4.74 Å². The van der Waals surface area contributed by atoms with Gasteiger partial charge in [-0.15, -0.1) is 0 Å². The number of methoxy groups -OCH3 is 1. The number of benzene rings is 1. The highest BCUT2D eigenvalue weighted by Gasteiger charge is 2.33. The summed E-state index contributed by atoms with van der Waals surface area (Å²) < 4.78 is 5.69. The van der Waals surface area contributed by atoms with Crippen LogP contribution in [0, 0.1) is 0 Å². The zero-order valence-electron chi connectivity index (χ0n) is 12.2. The Balaban J connectivity index is 2.05. The van der Waals surface area contributed by atoms with Gasteiger partial charge in [-0.2, -0.15) is 0 Å². The molecule has 0 aromatic heterocycles. The number of rotatable bonds is 2. The summed E-state index contributed by atoms with van der Waals surface area (Å²) in [5.41, 5.74) is 4.54. The van der Waals surface area contributed by atoms with Crippen molar-refractivity contribution in [1.82, 2.24) is 5.32 Å². The van der Waals surface area contributed by atoms with Gasteiger partial charge in [0.15, 0.2) is 0 Å². The first kappa shape index (κ1) is 13.0. The van der Waals surface area contributed by atoms with Crippen LogP contribution in [-0.4, -0.2) is 13.7 Å². The van der Waals surface area contributed by atoms with E-state index in [2.05, 4.69) is 24.4 Å². The van der Waals surface area contributed by atoms with E-state index in [-0.39, 0.29) is 5.54 Å². The van der Waals surface area contributed by atoms with Crippen molar-refractivity contribution in [3.05, 3.63) is 28.8 Å². The van der Waals surface area contributed by atoms with Crippen LogP contribution in [0.5, 0.6) is 5.75 Å². The molecule has 1 fully saturated rings. The van der Waals surface area contributed by atoms with Crippen LogP contribution < -0.4 is 10.1 Å².